The molecule has 21 heavy (non-hydrogen) atoms. The second kappa shape index (κ2) is 20.8. The molecule has 0 N–H and O–H groups in total. The summed E-state index contributed by atoms with van der Waals surface area (Å²) in [6, 6.07) is 11.7. The van der Waals surface area contributed by atoms with Gasteiger partial charge in [0.25, 0.3) is 0 Å². The quantitative estimate of drug-likeness (QED) is 0.399. The molecule has 0 fully saturated rings. The minimum Gasteiger partial charge on any atom is -0.753 e. The Hall–Kier alpha value is -1.48. The van der Waals surface area contributed by atoms with Gasteiger partial charge in [-0.2, -0.15) is 10.3 Å². The van der Waals surface area contributed by atoms with Crippen LogP contribution in [-0.2, 0) is 19.5 Å². The summed E-state index contributed by atoms with van der Waals surface area (Å²) in [5, 5.41) is 16.9. The Morgan fingerprint density at radius 3 is 1.19 bits per heavy atom. The van der Waals surface area contributed by atoms with E-state index in [-0.39, 0.29) is 19.5 Å². The Morgan fingerprint density at radius 1 is 0.810 bits per heavy atom. The molecular weight excluding hydrogens is 354 g/mol. The summed E-state index contributed by atoms with van der Waals surface area (Å²) in [5.74, 6) is 0. The minimum atomic E-state index is 0. The van der Waals surface area contributed by atoms with Gasteiger partial charge in [-0.15, -0.1) is 0 Å². The second-order valence-electron chi connectivity index (χ2n) is 3.12. The molecule has 0 aromatic carbocycles. The fourth-order valence-electron chi connectivity index (χ4n) is 0.896. The first kappa shape index (κ1) is 24.5. The number of aryl methyl sites for hydroxylation is 2. The van der Waals surface area contributed by atoms with Crippen LogP contribution in [0.15, 0.2) is 48.8 Å². The SMILES string of the molecule is Cc1ccccn1.Cc1ccccn1.[N-]=C=S.[N-]=C=S.[Zn+2]. The monoisotopic (exact) mass is 366 g/mol. The van der Waals surface area contributed by atoms with Crippen molar-refractivity contribution >= 4 is 34.8 Å². The molecule has 0 saturated carbocycles. The number of rotatable bonds is 0. The van der Waals surface area contributed by atoms with E-state index in [1.807, 2.05) is 50.2 Å². The third-order valence-electron chi connectivity index (χ3n) is 1.63. The van der Waals surface area contributed by atoms with Crippen molar-refractivity contribution in [3.05, 3.63) is 71.0 Å². The maximum atomic E-state index is 7.13. The van der Waals surface area contributed by atoms with Crippen molar-refractivity contribution in [3.8, 4) is 0 Å². The van der Waals surface area contributed by atoms with Gasteiger partial charge in [-0.3, -0.25) is 9.97 Å². The normalized spacial score (nSPS) is 6.57. The summed E-state index contributed by atoms with van der Waals surface area (Å²) < 4.78 is 0. The van der Waals surface area contributed by atoms with E-state index in [4.69, 9.17) is 10.8 Å². The predicted molar refractivity (Wildman–Crippen MR) is 89.9 cm³/mol. The van der Waals surface area contributed by atoms with E-state index < -0.39 is 0 Å². The predicted octanol–water partition coefficient (Wildman–Crippen LogP) is 4.09. The topological polar surface area (TPSA) is 70.4 Å². The van der Waals surface area contributed by atoms with Gasteiger partial charge >= 0.3 is 19.5 Å². The summed E-state index contributed by atoms with van der Waals surface area (Å²) >= 11 is 7.40. The molecule has 2 aromatic heterocycles. The molecule has 4 nitrogen and oxygen atoms in total. The van der Waals surface area contributed by atoms with Crippen LogP contribution in [0.3, 0.4) is 0 Å². The Bertz CT molecular complexity index is 460. The van der Waals surface area contributed by atoms with Gasteiger partial charge in [0.05, 0.1) is 0 Å². The van der Waals surface area contributed by atoms with Crippen LogP contribution in [0.2, 0.25) is 0 Å². The molecule has 0 aliphatic rings. The Morgan fingerprint density at radius 2 is 1.10 bits per heavy atom. The van der Waals surface area contributed by atoms with Crippen molar-refractivity contribution in [1.29, 1.82) is 0 Å². The van der Waals surface area contributed by atoms with Gasteiger partial charge in [0.15, 0.2) is 0 Å². The molecule has 0 aliphatic carbocycles. The first-order chi connectivity index (χ1) is 9.62. The van der Waals surface area contributed by atoms with Crippen LogP contribution in [0.5, 0.6) is 0 Å². The second-order valence-corrected chi connectivity index (χ2v) is 3.49. The van der Waals surface area contributed by atoms with Crippen LogP contribution >= 0.6 is 24.4 Å². The van der Waals surface area contributed by atoms with Gasteiger partial charge < -0.3 is 10.8 Å². The van der Waals surface area contributed by atoms with E-state index in [1.165, 1.54) is 10.3 Å². The molecule has 7 heteroatoms. The zero-order valence-electron chi connectivity index (χ0n) is 11.9. The first-order valence-electron chi connectivity index (χ1n) is 5.40. The van der Waals surface area contributed by atoms with Gasteiger partial charge in [0.1, 0.15) is 0 Å². The number of hydrogen-bond donors (Lipinski definition) is 0. The Kier molecular flexibility index (Phi) is 24.3. The van der Waals surface area contributed by atoms with Gasteiger partial charge in [0.2, 0.25) is 0 Å². The smallest absolute Gasteiger partial charge is 0.753 e. The zero-order chi connectivity index (χ0) is 15.6. The molecule has 0 aliphatic heterocycles. The fourth-order valence-corrected chi connectivity index (χ4v) is 0.896. The van der Waals surface area contributed by atoms with E-state index >= 15 is 0 Å². The van der Waals surface area contributed by atoms with Gasteiger partial charge in [-0.05, 0) is 38.1 Å². The van der Waals surface area contributed by atoms with Crippen LogP contribution in [0, 0.1) is 13.8 Å². The Labute approximate surface area is 148 Å². The van der Waals surface area contributed by atoms with E-state index in [2.05, 4.69) is 34.4 Å². The molecule has 0 unspecified atom stereocenters. The fraction of sp³-hybridized carbons (Fsp3) is 0.143. The average Bonchev–Trinajstić information content (AvgIpc) is 2.43. The van der Waals surface area contributed by atoms with E-state index in [1.54, 1.807) is 12.4 Å². The van der Waals surface area contributed by atoms with E-state index in [0.29, 0.717) is 0 Å². The van der Waals surface area contributed by atoms with Crippen molar-refractivity contribution < 1.29 is 19.5 Å². The minimum absolute atomic E-state index is 0. The molecule has 2 rings (SSSR count). The third-order valence-corrected chi connectivity index (χ3v) is 1.63. The van der Waals surface area contributed by atoms with E-state index in [0.717, 1.165) is 11.4 Å². The van der Waals surface area contributed by atoms with Gasteiger partial charge in [-0.25, -0.2) is 0 Å². The molecule has 2 heterocycles. The molecule has 0 amide bonds. The average molecular weight is 368 g/mol. The molecule has 2 aromatic rings. The van der Waals surface area contributed by atoms with Gasteiger partial charge in [-0.1, -0.05) is 36.6 Å². The van der Waals surface area contributed by atoms with Crippen LogP contribution in [0.1, 0.15) is 11.4 Å². The van der Waals surface area contributed by atoms with Crippen LogP contribution in [0.4, 0.5) is 0 Å². The van der Waals surface area contributed by atoms with Crippen molar-refractivity contribution in [1.82, 2.24) is 9.97 Å². The summed E-state index contributed by atoms with van der Waals surface area (Å²) in [4.78, 5) is 7.96. The summed E-state index contributed by atoms with van der Waals surface area (Å²) in [6.07, 6.45) is 3.57. The molecule has 104 valence electrons. The molecule has 0 saturated heterocycles. The molecule has 0 radical (unpaired) electrons. The number of aromatic nitrogens is 2. The number of thiocarbonyl (C=S) groups is 2. The van der Waals surface area contributed by atoms with Crippen molar-refractivity contribution in [2.75, 3.05) is 0 Å². The zero-order valence-corrected chi connectivity index (χ0v) is 16.5. The van der Waals surface area contributed by atoms with Crippen molar-refractivity contribution in [3.63, 3.8) is 0 Å². The van der Waals surface area contributed by atoms with Crippen molar-refractivity contribution in [2.24, 2.45) is 0 Å². The van der Waals surface area contributed by atoms with Crippen molar-refractivity contribution in [2.45, 2.75) is 13.8 Å². The molecular formula is C14H14N4S2Zn. The number of nitrogens with zero attached hydrogens (tertiary/aromatic N) is 4. The first-order valence-corrected chi connectivity index (χ1v) is 6.21. The molecule has 0 bridgehead atoms. The number of hydrogen-bond acceptors (Lipinski definition) is 4. The largest absolute Gasteiger partial charge is 2.00 e. The number of isothiocyanates is 2. The van der Waals surface area contributed by atoms with Gasteiger partial charge in [0, 0.05) is 23.8 Å². The third kappa shape index (κ3) is 24.0. The maximum absolute atomic E-state index is 7.13. The van der Waals surface area contributed by atoms with E-state index in [9.17, 15) is 0 Å². The standard InChI is InChI=1S/2C6H7N.2CNS.Zn/c2*1-6-4-2-3-5-7-6;2*2-1-3;/h2*2-5H,1H3;;;/q;;2*-1;+2. The summed E-state index contributed by atoms with van der Waals surface area (Å²) in [6.45, 7) is 3.94. The van der Waals surface area contributed by atoms with Crippen LogP contribution in [-0.4, -0.2) is 20.3 Å². The number of pyridine rings is 2. The summed E-state index contributed by atoms with van der Waals surface area (Å²) in [5.41, 5.74) is 2.14. The molecule has 0 spiro atoms. The molecule has 0 atom stereocenters. The van der Waals surface area contributed by atoms with Crippen LogP contribution in [0.25, 0.3) is 10.8 Å². The summed E-state index contributed by atoms with van der Waals surface area (Å²) in [7, 11) is 0. The Balaban J connectivity index is -0.000000220. The maximum Gasteiger partial charge on any atom is 2.00 e. The van der Waals surface area contributed by atoms with Crippen LogP contribution < -0.4 is 0 Å².